The van der Waals surface area contributed by atoms with Gasteiger partial charge in [-0.05, 0) is 12.1 Å². The van der Waals surface area contributed by atoms with Crippen LogP contribution in [0.2, 0.25) is 0 Å². The van der Waals surface area contributed by atoms with E-state index in [4.69, 9.17) is 5.73 Å². The molecule has 5 heteroatoms. The van der Waals surface area contributed by atoms with Crippen LogP contribution < -0.4 is 5.73 Å². The maximum Gasteiger partial charge on any atom is 0.192 e. The lowest BCUT2D eigenvalue weighted by atomic mass is 10.1. The molecule has 72 valence electrons. The molecule has 0 fully saturated rings. The van der Waals surface area contributed by atoms with Crippen LogP contribution in [0.15, 0.2) is 28.7 Å². The highest BCUT2D eigenvalue weighted by Gasteiger charge is 2.11. The maximum atomic E-state index is 13.3. The molecule has 2 aromatic rings. The van der Waals surface area contributed by atoms with Gasteiger partial charge < -0.3 is 5.73 Å². The molecule has 0 radical (unpaired) electrons. The van der Waals surface area contributed by atoms with Gasteiger partial charge in [-0.25, -0.2) is 4.39 Å². The molecule has 1 heterocycles. The lowest BCUT2D eigenvalue weighted by Gasteiger charge is -1.97. The summed E-state index contributed by atoms with van der Waals surface area (Å²) < 4.78 is 14.2. The standard InChI is InChI=1S/C9H7BrFN3/c10-6-3-1-2-5(4-6)8-7(11)9(12)14-13-8/h1-4H,(H3,12,13,14). The molecule has 1 aromatic carbocycles. The van der Waals surface area contributed by atoms with Crippen molar-refractivity contribution in [3.05, 3.63) is 34.6 Å². The second-order valence-electron chi connectivity index (χ2n) is 2.81. The molecule has 3 N–H and O–H groups in total. The van der Waals surface area contributed by atoms with Crippen LogP contribution in [0.25, 0.3) is 11.3 Å². The fraction of sp³-hybridized carbons (Fsp3) is 0. The first-order chi connectivity index (χ1) is 6.68. The lowest BCUT2D eigenvalue weighted by Crippen LogP contribution is -1.87. The third-order valence-corrected chi connectivity index (χ3v) is 2.34. The first kappa shape index (κ1) is 9.21. The average molecular weight is 256 g/mol. The van der Waals surface area contributed by atoms with Gasteiger partial charge in [-0.3, -0.25) is 5.10 Å². The van der Waals surface area contributed by atoms with Crippen LogP contribution in [-0.4, -0.2) is 10.2 Å². The van der Waals surface area contributed by atoms with Gasteiger partial charge in [0.25, 0.3) is 0 Å². The molecule has 0 bridgehead atoms. The van der Waals surface area contributed by atoms with Gasteiger partial charge in [-0.15, -0.1) is 0 Å². The zero-order valence-electron chi connectivity index (χ0n) is 7.09. The molecular formula is C9H7BrFN3. The Morgan fingerprint density at radius 3 is 2.79 bits per heavy atom. The SMILES string of the molecule is Nc1n[nH]c(-c2cccc(Br)c2)c1F. The van der Waals surface area contributed by atoms with E-state index in [1.807, 2.05) is 12.1 Å². The third kappa shape index (κ3) is 1.50. The van der Waals surface area contributed by atoms with Crippen LogP contribution in [0.3, 0.4) is 0 Å². The molecule has 0 aliphatic rings. The second-order valence-corrected chi connectivity index (χ2v) is 3.72. The zero-order valence-corrected chi connectivity index (χ0v) is 8.68. The van der Waals surface area contributed by atoms with E-state index in [0.717, 1.165) is 4.47 Å². The van der Waals surface area contributed by atoms with E-state index in [0.29, 0.717) is 11.3 Å². The van der Waals surface area contributed by atoms with Gasteiger partial charge in [0, 0.05) is 10.0 Å². The van der Waals surface area contributed by atoms with Crippen LogP contribution in [-0.2, 0) is 0 Å². The van der Waals surface area contributed by atoms with Crippen molar-refractivity contribution in [2.75, 3.05) is 5.73 Å². The van der Waals surface area contributed by atoms with Crippen molar-refractivity contribution < 1.29 is 4.39 Å². The van der Waals surface area contributed by atoms with E-state index in [-0.39, 0.29) is 5.82 Å². The number of nitrogens with one attached hydrogen (secondary N) is 1. The van der Waals surface area contributed by atoms with Crippen molar-refractivity contribution >= 4 is 21.7 Å². The van der Waals surface area contributed by atoms with E-state index >= 15 is 0 Å². The summed E-state index contributed by atoms with van der Waals surface area (Å²) in [4.78, 5) is 0. The van der Waals surface area contributed by atoms with Crippen LogP contribution in [0.1, 0.15) is 0 Å². The van der Waals surface area contributed by atoms with Crippen molar-refractivity contribution in [3.8, 4) is 11.3 Å². The molecule has 2 rings (SSSR count). The second kappa shape index (κ2) is 3.42. The molecule has 0 amide bonds. The van der Waals surface area contributed by atoms with Crippen molar-refractivity contribution in [1.29, 1.82) is 0 Å². The van der Waals surface area contributed by atoms with Crippen LogP contribution >= 0.6 is 15.9 Å². The fourth-order valence-electron chi connectivity index (χ4n) is 1.18. The minimum Gasteiger partial charge on any atom is -0.380 e. The molecule has 0 saturated heterocycles. The molecule has 0 atom stereocenters. The van der Waals surface area contributed by atoms with E-state index in [9.17, 15) is 4.39 Å². The Labute approximate surface area is 88.3 Å². The number of aromatic nitrogens is 2. The Morgan fingerprint density at radius 2 is 2.21 bits per heavy atom. The number of nitrogen functional groups attached to an aromatic ring is 1. The number of anilines is 1. The highest BCUT2D eigenvalue weighted by molar-refractivity contribution is 9.10. The van der Waals surface area contributed by atoms with Gasteiger partial charge in [0.05, 0.1) is 0 Å². The normalized spacial score (nSPS) is 10.4. The summed E-state index contributed by atoms with van der Waals surface area (Å²) in [7, 11) is 0. The van der Waals surface area contributed by atoms with Gasteiger partial charge in [0.15, 0.2) is 11.6 Å². The van der Waals surface area contributed by atoms with Crippen molar-refractivity contribution in [3.63, 3.8) is 0 Å². The summed E-state index contributed by atoms with van der Waals surface area (Å²) in [6.45, 7) is 0. The van der Waals surface area contributed by atoms with Gasteiger partial charge in [-0.1, -0.05) is 28.1 Å². The summed E-state index contributed by atoms with van der Waals surface area (Å²) in [5, 5.41) is 6.13. The molecule has 0 unspecified atom stereocenters. The molecule has 0 spiro atoms. The number of nitrogens with zero attached hydrogens (tertiary/aromatic N) is 1. The van der Waals surface area contributed by atoms with Gasteiger partial charge in [-0.2, -0.15) is 5.10 Å². The first-order valence-corrected chi connectivity index (χ1v) is 4.73. The predicted octanol–water partition coefficient (Wildman–Crippen LogP) is 2.56. The van der Waals surface area contributed by atoms with Gasteiger partial charge in [0.2, 0.25) is 0 Å². The number of aromatic amines is 1. The number of hydrogen-bond acceptors (Lipinski definition) is 2. The highest BCUT2D eigenvalue weighted by Crippen LogP contribution is 2.25. The molecule has 0 saturated carbocycles. The largest absolute Gasteiger partial charge is 0.380 e. The Hall–Kier alpha value is -1.36. The summed E-state index contributed by atoms with van der Waals surface area (Å²) >= 11 is 3.30. The van der Waals surface area contributed by atoms with E-state index in [1.165, 1.54) is 0 Å². The van der Waals surface area contributed by atoms with Gasteiger partial charge >= 0.3 is 0 Å². The van der Waals surface area contributed by atoms with Crippen LogP contribution in [0, 0.1) is 5.82 Å². The van der Waals surface area contributed by atoms with Crippen LogP contribution in [0.4, 0.5) is 10.2 Å². The van der Waals surface area contributed by atoms with E-state index in [1.54, 1.807) is 12.1 Å². The minimum absolute atomic E-state index is 0.111. The molecule has 14 heavy (non-hydrogen) atoms. The summed E-state index contributed by atoms with van der Waals surface area (Å²) in [6.07, 6.45) is 0. The number of hydrogen-bond donors (Lipinski definition) is 2. The predicted molar refractivity (Wildman–Crippen MR) is 56.1 cm³/mol. The number of halogens is 2. The number of rotatable bonds is 1. The number of nitrogens with two attached hydrogens (primary N) is 1. The van der Waals surface area contributed by atoms with Crippen LogP contribution in [0.5, 0.6) is 0 Å². The quantitative estimate of drug-likeness (QED) is 0.823. The smallest absolute Gasteiger partial charge is 0.192 e. The molecule has 0 aliphatic heterocycles. The van der Waals surface area contributed by atoms with E-state index in [2.05, 4.69) is 26.1 Å². The molecule has 1 aromatic heterocycles. The summed E-state index contributed by atoms with van der Waals surface area (Å²) in [5.41, 5.74) is 6.31. The Balaban J connectivity index is 2.55. The Morgan fingerprint density at radius 1 is 1.43 bits per heavy atom. The zero-order chi connectivity index (χ0) is 10.1. The van der Waals surface area contributed by atoms with Gasteiger partial charge in [0.1, 0.15) is 5.69 Å². The lowest BCUT2D eigenvalue weighted by molar-refractivity contribution is 0.636. The topological polar surface area (TPSA) is 54.7 Å². The molecular weight excluding hydrogens is 249 g/mol. The first-order valence-electron chi connectivity index (χ1n) is 3.94. The molecule has 0 aliphatic carbocycles. The number of H-pyrrole nitrogens is 1. The maximum absolute atomic E-state index is 13.3. The van der Waals surface area contributed by atoms with Crippen molar-refractivity contribution in [2.45, 2.75) is 0 Å². The Bertz CT molecular complexity index is 467. The molecule has 3 nitrogen and oxygen atoms in total. The minimum atomic E-state index is -0.511. The average Bonchev–Trinajstić information content (AvgIpc) is 2.48. The Kier molecular flexibility index (Phi) is 2.25. The van der Waals surface area contributed by atoms with Crippen molar-refractivity contribution in [2.24, 2.45) is 0 Å². The fourth-order valence-corrected chi connectivity index (χ4v) is 1.58. The van der Waals surface area contributed by atoms with Crippen molar-refractivity contribution in [1.82, 2.24) is 10.2 Å². The summed E-state index contributed by atoms with van der Waals surface area (Å²) in [6, 6.07) is 7.24. The monoisotopic (exact) mass is 255 g/mol. The van der Waals surface area contributed by atoms with E-state index < -0.39 is 5.82 Å². The number of benzene rings is 1. The third-order valence-electron chi connectivity index (χ3n) is 1.85. The summed E-state index contributed by atoms with van der Waals surface area (Å²) in [5.74, 6) is -0.622. The highest BCUT2D eigenvalue weighted by atomic mass is 79.9.